The average Bonchev–Trinajstić information content (AvgIpc) is 2.69. The highest BCUT2D eigenvalue weighted by Crippen LogP contribution is 2.20. The lowest BCUT2D eigenvalue weighted by atomic mass is 10.1. The third kappa shape index (κ3) is 3.42. The van der Waals surface area contributed by atoms with Crippen molar-refractivity contribution in [3.8, 4) is 0 Å². The first-order valence-corrected chi connectivity index (χ1v) is 7.58. The SMILES string of the molecule is Cc1nc(C)c(C(=O)NC(C)c2ccc(Br)cc2)s1. The van der Waals surface area contributed by atoms with Gasteiger partial charge in [0.25, 0.3) is 5.91 Å². The maximum atomic E-state index is 12.2. The molecule has 2 rings (SSSR count). The molecule has 1 heterocycles. The van der Waals surface area contributed by atoms with Crippen LogP contribution < -0.4 is 5.32 Å². The van der Waals surface area contributed by atoms with Crippen LogP contribution in [0.5, 0.6) is 0 Å². The van der Waals surface area contributed by atoms with Crippen LogP contribution in [0.2, 0.25) is 0 Å². The molecule has 1 aromatic heterocycles. The van der Waals surface area contributed by atoms with E-state index in [4.69, 9.17) is 0 Å². The van der Waals surface area contributed by atoms with Crippen LogP contribution in [0.3, 0.4) is 0 Å². The Morgan fingerprint density at radius 1 is 1.32 bits per heavy atom. The van der Waals surface area contributed by atoms with Gasteiger partial charge in [0.15, 0.2) is 0 Å². The molecule has 0 aliphatic rings. The predicted octanol–water partition coefficient (Wildman–Crippen LogP) is 4.01. The summed E-state index contributed by atoms with van der Waals surface area (Å²) in [6.07, 6.45) is 0. The fourth-order valence-electron chi connectivity index (χ4n) is 1.84. The fourth-order valence-corrected chi connectivity index (χ4v) is 2.93. The van der Waals surface area contributed by atoms with Gasteiger partial charge in [-0.1, -0.05) is 28.1 Å². The van der Waals surface area contributed by atoms with E-state index in [1.807, 2.05) is 45.0 Å². The largest absolute Gasteiger partial charge is 0.345 e. The molecule has 0 aliphatic carbocycles. The number of rotatable bonds is 3. The topological polar surface area (TPSA) is 42.0 Å². The molecule has 1 amide bonds. The van der Waals surface area contributed by atoms with E-state index in [-0.39, 0.29) is 11.9 Å². The quantitative estimate of drug-likeness (QED) is 0.918. The van der Waals surface area contributed by atoms with Crippen LogP contribution in [0.4, 0.5) is 0 Å². The maximum absolute atomic E-state index is 12.2. The molecule has 1 N–H and O–H groups in total. The van der Waals surface area contributed by atoms with E-state index in [0.717, 1.165) is 20.7 Å². The minimum atomic E-state index is -0.0569. The van der Waals surface area contributed by atoms with Gasteiger partial charge in [-0.15, -0.1) is 11.3 Å². The van der Waals surface area contributed by atoms with Crippen molar-refractivity contribution in [1.82, 2.24) is 10.3 Å². The van der Waals surface area contributed by atoms with Gasteiger partial charge < -0.3 is 5.32 Å². The van der Waals surface area contributed by atoms with E-state index in [1.54, 1.807) is 0 Å². The molecule has 1 unspecified atom stereocenters. The molecule has 0 saturated heterocycles. The second-order valence-corrected chi connectivity index (χ2v) is 6.51. The summed E-state index contributed by atoms with van der Waals surface area (Å²) in [5, 5.41) is 3.92. The van der Waals surface area contributed by atoms with Crippen molar-refractivity contribution in [1.29, 1.82) is 0 Å². The van der Waals surface area contributed by atoms with E-state index in [2.05, 4.69) is 26.2 Å². The summed E-state index contributed by atoms with van der Waals surface area (Å²) in [6.45, 7) is 5.75. The van der Waals surface area contributed by atoms with E-state index < -0.39 is 0 Å². The van der Waals surface area contributed by atoms with E-state index in [9.17, 15) is 4.79 Å². The van der Waals surface area contributed by atoms with E-state index in [1.165, 1.54) is 11.3 Å². The Hall–Kier alpha value is -1.20. The minimum Gasteiger partial charge on any atom is -0.345 e. The molecule has 100 valence electrons. The van der Waals surface area contributed by atoms with Gasteiger partial charge in [-0.05, 0) is 38.5 Å². The number of hydrogen-bond donors (Lipinski definition) is 1. The lowest BCUT2D eigenvalue weighted by Crippen LogP contribution is -2.26. The fraction of sp³-hybridized carbons (Fsp3) is 0.286. The highest BCUT2D eigenvalue weighted by molar-refractivity contribution is 9.10. The number of aryl methyl sites for hydroxylation is 2. The molecule has 1 aromatic carbocycles. The van der Waals surface area contributed by atoms with Crippen LogP contribution in [-0.4, -0.2) is 10.9 Å². The number of halogens is 1. The Balaban J connectivity index is 2.10. The molecule has 5 heteroatoms. The number of nitrogens with zero attached hydrogens (tertiary/aromatic N) is 1. The molecule has 0 bridgehead atoms. The van der Waals surface area contributed by atoms with Crippen LogP contribution in [0.15, 0.2) is 28.7 Å². The van der Waals surface area contributed by atoms with Crippen molar-refractivity contribution in [2.75, 3.05) is 0 Å². The van der Waals surface area contributed by atoms with Crippen molar-refractivity contribution in [2.45, 2.75) is 26.8 Å². The van der Waals surface area contributed by atoms with Crippen LogP contribution in [0.25, 0.3) is 0 Å². The number of nitrogens with one attached hydrogen (secondary N) is 1. The third-order valence-electron chi connectivity index (χ3n) is 2.83. The van der Waals surface area contributed by atoms with Gasteiger partial charge in [-0.2, -0.15) is 0 Å². The van der Waals surface area contributed by atoms with Crippen LogP contribution in [0, 0.1) is 13.8 Å². The van der Waals surface area contributed by atoms with Crippen molar-refractivity contribution >= 4 is 33.2 Å². The monoisotopic (exact) mass is 338 g/mol. The van der Waals surface area contributed by atoms with Gasteiger partial charge in [0.2, 0.25) is 0 Å². The van der Waals surface area contributed by atoms with Gasteiger partial charge in [0.05, 0.1) is 16.7 Å². The highest BCUT2D eigenvalue weighted by Gasteiger charge is 2.16. The van der Waals surface area contributed by atoms with Gasteiger partial charge in [-0.25, -0.2) is 4.98 Å². The molecule has 19 heavy (non-hydrogen) atoms. The predicted molar refractivity (Wildman–Crippen MR) is 81.6 cm³/mol. The summed E-state index contributed by atoms with van der Waals surface area (Å²) in [4.78, 5) is 17.2. The first-order valence-electron chi connectivity index (χ1n) is 5.97. The van der Waals surface area contributed by atoms with Gasteiger partial charge in [0, 0.05) is 4.47 Å². The zero-order valence-corrected chi connectivity index (χ0v) is 13.4. The molecule has 3 nitrogen and oxygen atoms in total. The van der Waals surface area contributed by atoms with E-state index >= 15 is 0 Å². The number of amides is 1. The van der Waals surface area contributed by atoms with Crippen LogP contribution in [-0.2, 0) is 0 Å². The number of carbonyl (C=O) groups is 1. The summed E-state index contributed by atoms with van der Waals surface area (Å²) >= 11 is 4.83. The number of benzene rings is 1. The highest BCUT2D eigenvalue weighted by atomic mass is 79.9. The van der Waals surface area contributed by atoms with Crippen molar-refractivity contribution in [3.05, 3.63) is 49.9 Å². The second-order valence-electron chi connectivity index (χ2n) is 4.39. The molecular formula is C14H15BrN2OS. The number of carbonyl (C=O) groups excluding carboxylic acids is 1. The van der Waals surface area contributed by atoms with Gasteiger partial charge >= 0.3 is 0 Å². The second kappa shape index (κ2) is 5.84. The molecular weight excluding hydrogens is 324 g/mol. The van der Waals surface area contributed by atoms with Gasteiger partial charge in [-0.3, -0.25) is 4.79 Å². The van der Waals surface area contributed by atoms with Crippen molar-refractivity contribution in [3.63, 3.8) is 0 Å². The normalized spacial score (nSPS) is 12.2. The van der Waals surface area contributed by atoms with Crippen molar-refractivity contribution in [2.24, 2.45) is 0 Å². The molecule has 1 atom stereocenters. The average molecular weight is 339 g/mol. The van der Waals surface area contributed by atoms with Crippen LogP contribution in [0.1, 0.15) is 38.9 Å². The lowest BCUT2D eigenvalue weighted by molar-refractivity contribution is 0.0943. The number of thiazole rings is 1. The standard InChI is InChI=1S/C14H15BrN2OS/c1-8(11-4-6-12(15)7-5-11)17-14(18)13-9(2)16-10(3)19-13/h4-8H,1-3H3,(H,17,18). The summed E-state index contributed by atoms with van der Waals surface area (Å²) in [5.74, 6) is -0.0569. The van der Waals surface area contributed by atoms with Crippen LogP contribution >= 0.6 is 27.3 Å². The van der Waals surface area contributed by atoms with E-state index in [0.29, 0.717) is 4.88 Å². The van der Waals surface area contributed by atoms with Gasteiger partial charge in [0.1, 0.15) is 4.88 Å². The zero-order valence-electron chi connectivity index (χ0n) is 11.0. The summed E-state index contributed by atoms with van der Waals surface area (Å²) in [7, 11) is 0. The molecule has 0 aliphatic heterocycles. The summed E-state index contributed by atoms with van der Waals surface area (Å²) in [6, 6.07) is 7.92. The first kappa shape index (κ1) is 14.2. The Morgan fingerprint density at radius 2 is 1.95 bits per heavy atom. The Bertz CT molecular complexity index is 592. The maximum Gasteiger partial charge on any atom is 0.263 e. The Labute approximate surface area is 125 Å². The molecule has 2 aromatic rings. The van der Waals surface area contributed by atoms with Crippen molar-refractivity contribution < 1.29 is 4.79 Å². The Kier molecular flexibility index (Phi) is 4.37. The minimum absolute atomic E-state index is 0.0255. The zero-order chi connectivity index (χ0) is 14.0. The lowest BCUT2D eigenvalue weighted by Gasteiger charge is -2.14. The summed E-state index contributed by atoms with van der Waals surface area (Å²) < 4.78 is 1.03. The Morgan fingerprint density at radius 3 is 2.47 bits per heavy atom. The first-order chi connectivity index (χ1) is 8.97. The molecule has 0 fully saturated rings. The number of hydrogen-bond acceptors (Lipinski definition) is 3. The smallest absolute Gasteiger partial charge is 0.263 e. The summed E-state index contributed by atoms with van der Waals surface area (Å²) in [5.41, 5.74) is 1.87. The molecule has 0 radical (unpaired) electrons. The molecule has 0 saturated carbocycles. The molecule has 0 spiro atoms. The third-order valence-corrected chi connectivity index (χ3v) is 4.43. The number of aromatic nitrogens is 1.